The second kappa shape index (κ2) is 6.57. The molecule has 0 saturated heterocycles. The third kappa shape index (κ3) is 3.39. The first-order valence-electron chi connectivity index (χ1n) is 7.00. The van der Waals surface area contributed by atoms with Crippen molar-refractivity contribution < 1.29 is 4.74 Å². The van der Waals surface area contributed by atoms with Gasteiger partial charge in [0.1, 0.15) is 5.75 Å². The van der Waals surface area contributed by atoms with Crippen LogP contribution in [-0.2, 0) is 13.5 Å². The Kier molecular flexibility index (Phi) is 4.79. The zero-order valence-electron chi connectivity index (χ0n) is 12.7. The molecule has 0 aliphatic carbocycles. The number of methoxy groups -OCH3 is 1. The van der Waals surface area contributed by atoms with Gasteiger partial charge in [-0.2, -0.15) is 5.10 Å². The minimum absolute atomic E-state index is 0.254. The quantitative estimate of drug-likeness (QED) is 0.879. The summed E-state index contributed by atoms with van der Waals surface area (Å²) in [6.45, 7) is 5.11. The van der Waals surface area contributed by atoms with E-state index in [0.717, 1.165) is 30.0 Å². The molecular weight excluding hydrogens is 250 g/mol. The Balaban J connectivity index is 2.23. The summed E-state index contributed by atoms with van der Waals surface area (Å²) >= 11 is 0. The van der Waals surface area contributed by atoms with Crippen LogP contribution < -0.4 is 10.1 Å². The number of benzene rings is 1. The van der Waals surface area contributed by atoms with Crippen LogP contribution in [0, 0.1) is 6.92 Å². The fraction of sp³-hybridized carbons (Fsp3) is 0.438. The van der Waals surface area contributed by atoms with Crippen LogP contribution in [0.1, 0.15) is 29.8 Å². The predicted molar refractivity (Wildman–Crippen MR) is 81.1 cm³/mol. The number of nitrogens with one attached hydrogen (secondary N) is 1. The van der Waals surface area contributed by atoms with Crippen LogP contribution >= 0.6 is 0 Å². The molecule has 1 unspecified atom stereocenters. The molecule has 4 heteroatoms. The molecule has 0 aliphatic rings. The summed E-state index contributed by atoms with van der Waals surface area (Å²) in [5.41, 5.74) is 3.49. The van der Waals surface area contributed by atoms with Gasteiger partial charge in [0, 0.05) is 25.7 Å². The molecule has 0 bridgehead atoms. The van der Waals surface area contributed by atoms with Crippen LogP contribution in [0.3, 0.4) is 0 Å². The zero-order valence-corrected chi connectivity index (χ0v) is 12.7. The molecule has 1 aromatic carbocycles. The Labute approximate surface area is 120 Å². The zero-order chi connectivity index (χ0) is 14.5. The molecule has 1 aromatic heterocycles. The van der Waals surface area contributed by atoms with E-state index in [9.17, 15) is 0 Å². The van der Waals surface area contributed by atoms with Crippen LogP contribution in [0.4, 0.5) is 0 Å². The lowest BCUT2D eigenvalue weighted by Gasteiger charge is -2.19. The molecule has 108 valence electrons. The van der Waals surface area contributed by atoms with Gasteiger partial charge in [0.25, 0.3) is 0 Å². The molecule has 1 atom stereocenters. The van der Waals surface area contributed by atoms with Crippen molar-refractivity contribution in [1.29, 1.82) is 0 Å². The summed E-state index contributed by atoms with van der Waals surface area (Å²) in [5, 5.41) is 7.99. The highest BCUT2D eigenvalue weighted by atomic mass is 16.5. The Morgan fingerprint density at radius 3 is 2.75 bits per heavy atom. The van der Waals surface area contributed by atoms with Crippen molar-refractivity contribution >= 4 is 0 Å². The molecular formula is C16H23N3O. The summed E-state index contributed by atoms with van der Waals surface area (Å²) < 4.78 is 7.26. The van der Waals surface area contributed by atoms with E-state index in [0.29, 0.717) is 0 Å². The number of hydrogen-bond acceptors (Lipinski definition) is 3. The summed E-state index contributed by atoms with van der Waals surface area (Å²) in [6, 6.07) is 8.70. The van der Waals surface area contributed by atoms with Crippen LogP contribution in [-0.4, -0.2) is 23.4 Å². The summed E-state index contributed by atoms with van der Waals surface area (Å²) in [4.78, 5) is 0. The lowest BCUT2D eigenvalue weighted by molar-refractivity contribution is 0.409. The number of ether oxygens (including phenoxy) is 1. The van der Waals surface area contributed by atoms with Crippen molar-refractivity contribution in [3.63, 3.8) is 0 Å². The van der Waals surface area contributed by atoms with Crippen molar-refractivity contribution in [2.75, 3.05) is 13.7 Å². The molecule has 0 spiro atoms. The third-order valence-corrected chi connectivity index (χ3v) is 3.47. The predicted octanol–water partition coefficient (Wildman–Crippen LogP) is 2.63. The maximum absolute atomic E-state index is 5.42. The van der Waals surface area contributed by atoms with E-state index in [2.05, 4.69) is 48.5 Å². The molecule has 20 heavy (non-hydrogen) atoms. The number of likely N-dealkylation sites (N-methyl/N-ethyl adjacent to an activating group) is 1. The Morgan fingerprint density at radius 1 is 1.35 bits per heavy atom. The first-order valence-corrected chi connectivity index (χ1v) is 7.00. The fourth-order valence-electron chi connectivity index (χ4n) is 2.39. The summed E-state index contributed by atoms with van der Waals surface area (Å²) in [5.74, 6) is 0.937. The van der Waals surface area contributed by atoms with Gasteiger partial charge >= 0.3 is 0 Å². The van der Waals surface area contributed by atoms with E-state index in [-0.39, 0.29) is 6.04 Å². The van der Waals surface area contributed by atoms with Gasteiger partial charge in [0.15, 0.2) is 0 Å². The standard InChI is InChI=1S/C16H23N3O/c1-5-17-15(11-14-8-9-19(3)18-14)13-7-6-12(2)16(10-13)20-4/h6-10,15,17H,5,11H2,1-4H3. The number of nitrogens with zero attached hydrogens (tertiary/aromatic N) is 2. The van der Waals surface area contributed by atoms with Crippen molar-refractivity contribution in [2.45, 2.75) is 26.3 Å². The first kappa shape index (κ1) is 14.6. The molecule has 2 aromatic rings. The van der Waals surface area contributed by atoms with E-state index in [1.54, 1.807) is 7.11 Å². The molecule has 0 fully saturated rings. The Bertz CT molecular complexity index is 563. The Hall–Kier alpha value is -1.81. The average Bonchev–Trinajstić information content (AvgIpc) is 2.84. The number of hydrogen-bond donors (Lipinski definition) is 1. The average molecular weight is 273 g/mol. The lowest BCUT2D eigenvalue weighted by atomic mass is 10.00. The molecule has 0 radical (unpaired) electrons. The minimum atomic E-state index is 0.254. The largest absolute Gasteiger partial charge is 0.496 e. The van der Waals surface area contributed by atoms with E-state index in [4.69, 9.17) is 4.74 Å². The van der Waals surface area contributed by atoms with Gasteiger partial charge in [-0.25, -0.2) is 0 Å². The topological polar surface area (TPSA) is 39.1 Å². The first-order chi connectivity index (χ1) is 9.63. The van der Waals surface area contributed by atoms with Gasteiger partial charge in [-0.05, 0) is 36.7 Å². The van der Waals surface area contributed by atoms with Gasteiger partial charge in [-0.3, -0.25) is 4.68 Å². The second-order valence-corrected chi connectivity index (χ2v) is 5.02. The second-order valence-electron chi connectivity index (χ2n) is 5.02. The van der Waals surface area contributed by atoms with Gasteiger partial charge in [-0.1, -0.05) is 19.1 Å². The van der Waals surface area contributed by atoms with Crippen molar-refractivity contribution in [1.82, 2.24) is 15.1 Å². The Morgan fingerprint density at radius 2 is 2.15 bits per heavy atom. The number of aryl methyl sites for hydroxylation is 2. The van der Waals surface area contributed by atoms with Crippen LogP contribution in [0.25, 0.3) is 0 Å². The van der Waals surface area contributed by atoms with E-state index in [1.165, 1.54) is 5.56 Å². The molecule has 0 aliphatic heterocycles. The lowest BCUT2D eigenvalue weighted by Crippen LogP contribution is -2.23. The maximum atomic E-state index is 5.42. The van der Waals surface area contributed by atoms with Gasteiger partial charge < -0.3 is 10.1 Å². The van der Waals surface area contributed by atoms with Crippen LogP contribution in [0.5, 0.6) is 5.75 Å². The van der Waals surface area contributed by atoms with Crippen molar-refractivity contribution in [3.05, 3.63) is 47.3 Å². The van der Waals surface area contributed by atoms with Gasteiger partial charge in [-0.15, -0.1) is 0 Å². The molecule has 1 N–H and O–H groups in total. The number of aromatic nitrogens is 2. The molecule has 4 nitrogen and oxygen atoms in total. The van der Waals surface area contributed by atoms with Crippen molar-refractivity contribution in [3.8, 4) is 5.75 Å². The summed E-state index contributed by atoms with van der Waals surface area (Å²) in [6.07, 6.45) is 2.86. The summed E-state index contributed by atoms with van der Waals surface area (Å²) in [7, 11) is 3.66. The molecule has 2 rings (SSSR count). The third-order valence-electron chi connectivity index (χ3n) is 3.47. The van der Waals surface area contributed by atoms with Gasteiger partial charge in [0.05, 0.1) is 12.8 Å². The molecule has 1 heterocycles. The monoisotopic (exact) mass is 273 g/mol. The normalized spacial score (nSPS) is 12.4. The van der Waals surface area contributed by atoms with Crippen LogP contribution in [0.15, 0.2) is 30.5 Å². The van der Waals surface area contributed by atoms with Gasteiger partial charge in [0.2, 0.25) is 0 Å². The minimum Gasteiger partial charge on any atom is -0.496 e. The molecule has 0 saturated carbocycles. The smallest absolute Gasteiger partial charge is 0.122 e. The van der Waals surface area contributed by atoms with Crippen LogP contribution in [0.2, 0.25) is 0 Å². The van der Waals surface area contributed by atoms with E-state index >= 15 is 0 Å². The van der Waals surface area contributed by atoms with E-state index < -0.39 is 0 Å². The van der Waals surface area contributed by atoms with Crippen molar-refractivity contribution in [2.24, 2.45) is 7.05 Å². The molecule has 0 amide bonds. The number of rotatable bonds is 6. The highest BCUT2D eigenvalue weighted by molar-refractivity contribution is 5.38. The highest BCUT2D eigenvalue weighted by Gasteiger charge is 2.14. The SMILES string of the molecule is CCNC(Cc1ccn(C)n1)c1ccc(C)c(OC)c1. The fourth-order valence-corrected chi connectivity index (χ4v) is 2.39. The maximum Gasteiger partial charge on any atom is 0.122 e. The van der Waals surface area contributed by atoms with E-state index in [1.807, 2.05) is 17.9 Å². The highest BCUT2D eigenvalue weighted by Crippen LogP contribution is 2.25.